The molecule has 1 atom stereocenters. The minimum absolute atomic E-state index is 0.0649. The van der Waals surface area contributed by atoms with E-state index < -0.39 is 0 Å². The zero-order valence-electron chi connectivity index (χ0n) is 13.7. The van der Waals surface area contributed by atoms with Crippen molar-refractivity contribution in [2.24, 2.45) is 13.0 Å². The number of aryl methyl sites for hydroxylation is 1. The molecule has 122 valence electrons. The van der Waals surface area contributed by atoms with E-state index in [-0.39, 0.29) is 5.56 Å². The zero-order chi connectivity index (χ0) is 16.1. The molecule has 1 saturated heterocycles. The first-order chi connectivity index (χ1) is 11.0. The van der Waals surface area contributed by atoms with E-state index in [4.69, 9.17) is 4.98 Å². The third-order valence-corrected chi connectivity index (χ3v) is 5.77. The molecule has 5 heteroatoms. The van der Waals surface area contributed by atoms with Crippen molar-refractivity contribution in [3.05, 3.63) is 38.3 Å². The van der Waals surface area contributed by atoms with Crippen LogP contribution in [0.25, 0.3) is 10.9 Å². The fourth-order valence-electron chi connectivity index (χ4n) is 3.73. The van der Waals surface area contributed by atoms with Gasteiger partial charge in [-0.1, -0.05) is 0 Å². The topological polar surface area (TPSA) is 38.1 Å². The molecule has 0 N–H and O–H groups in total. The zero-order valence-corrected chi connectivity index (χ0v) is 15.3. The number of benzene rings is 1. The molecular formula is C18H22BrN3O. The van der Waals surface area contributed by atoms with E-state index in [0.29, 0.717) is 11.3 Å². The number of hydrogen-bond acceptors (Lipinski definition) is 3. The summed E-state index contributed by atoms with van der Waals surface area (Å²) in [6.07, 6.45) is 3.88. The summed E-state index contributed by atoms with van der Waals surface area (Å²) in [7, 11) is 1.86. The van der Waals surface area contributed by atoms with Crippen molar-refractivity contribution < 1.29 is 0 Å². The minimum Gasteiger partial charge on any atom is -0.302 e. The van der Waals surface area contributed by atoms with Gasteiger partial charge in [0.2, 0.25) is 0 Å². The van der Waals surface area contributed by atoms with Crippen LogP contribution in [0.1, 0.15) is 36.6 Å². The lowest BCUT2D eigenvalue weighted by atomic mass is 10.1. The molecule has 0 spiro atoms. The van der Waals surface area contributed by atoms with Crippen LogP contribution in [-0.2, 0) is 7.05 Å². The molecule has 2 aromatic rings. The summed E-state index contributed by atoms with van der Waals surface area (Å²) in [5, 5.41) is 0.705. The molecule has 0 bridgehead atoms. The summed E-state index contributed by atoms with van der Waals surface area (Å²) < 4.78 is 2.68. The Balaban J connectivity index is 1.72. The maximum absolute atomic E-state index is 12.8. The predicted molar refractivity (Wildman–Crippen MR) is 95.9 cm³/mol. The van der Waals surface area contributed by atoms with Gasteiger partial charge in [-0.05, 0) is 72.3 Å². The third-order valence-electron chi connectivity index (χ3n) is 5.16. The lowest BCUT2D eigenvalue weighted by molar-refractivity contribution is 0.318. The van der Waals surface area contributed by atoms with Crippen molar-refractivity contribution >= 4 is 26.8 Å². The van der Waals surface area contributed by atoms with Crippen LogP contribution >= 0.6 is 15.9 Å². The Morgan fingerprint density at radius 1 is 1.30 bits per heavy atom. The van der Waals surface area contributed by atoms with Crippen molar-refractivity contribution in [1.82, 2.24) is 14.5 Å². The fourth-order valence-corrected chi connectivity index (χ4v) is 4.39. The summed E-state index contributed by atoms with van der Waals surface area (Å²) in [6.45, 7) is 5.39. The smallest absolute Gasteiger partial charge is 0.261 e. The SMILES string of the molecule is Cc1cc(Br)c2nc(C3CCN(CC4CC4)C3)n(C)c(=O)c2c1. The highest BCUT2D eigenvalue weighted by Crippen LogP contribution is 2.34. The first-order valence-corrected chi connectivity index (χ1v) is 9.21. The second-order valence-corrected chi connectivity index (χ2v) is 8.02. The van der Waals surface area contributed by atoms with Gasteiger partial charge in [0.25, 0.3) is 5.56 Å². The van der Waals surface area contributed by atoms with Crippen LogP contribution in [0.5, 0.6) is 0 Å². The largest absolute Gasteiger partial charge is 0.302 e. The van der Waals surface area contributed by atoms with Crippen molar-refractivity contribution in [2.75, 3.05) is 19.6 Å². The van der Waals surface area contributed by atoms with Crippen LogP contribution < -0.4 is 5.56 Å². The van der Waals surface area contributed by atoms with E-state index in [9.17, 15) is 4.79 Å². The normalized spacial score (nSPS) is 22.1. The summed E-state index contributed by atoms with van der Waals surface area (Å²) in [5.74, 6) is 2.22. The molecule has 4 rings (SSSR count). The van der Waals surface area contributed by atoms with E-state index in [1.54, 1.807) is 4.57 Å². The summed E-state index contributed by atoms with van der Waals surface area (Å²) >= 11 is 3.58. The fraction of sp³-hybridized carbons (Fsp3) is 0.556. The second-order valence-electron chi connectivity index (χ2n) is 7.17. The number of likely N-dealkylation sites (tertiary alicyclic amines) is 1. The van der Waals surface area contributed by atoms with E-state index >= 15 is 0 Å². The van der Waals surface area contributed by atoms with Gasteiger partial charge in [0, 0.05) is 30.5 Å². The number of hydrogen-bond donors (Lipinski definition) is 0. The van der Waals surface area contributed by atoms with Crippen LogP contribution in [0.3, 0.4) is 0 Å². The molecular weight excluding hydrogens is 354 g/mol. The molecule has 1 aliphatic heterocycles. The van der Waals surface area contributed by atoms with E-state index in [2.05, 4.69) is 20.8 Å². The molecule has 1 aliphatic carbocycles. The minimum atomic E-state index is 0.0649. The molecule has 1 aromatic heterocycles. The molecule has 0 radical (unpaired) electrons. The lowest BCUT2D eigenvalue weighted by Gasteiger charge is -2.17. The Labute approximate surface area is 144 Å². The van der Waals surface area contributed by atoms with Crippen LogP contribution in [0.2, 0.25) is 0 Å². The van der Waals surface area contributed by atoms with Crippen LogP contribution in [0, 0.1) is 12.8 Å². The van der Waals surface area contributed by atoms with Crippen molar-refractivity contribution in [1.29, 1.82) is 0 Å². The molecule has 23 heavy (non-hydrogen) atoms. The van der Waals surface area contributed by atoms with E-state index in [0.717, 1.165) is 46.8 Å². The van der Waals surface area contributed by atoms with E-state index in [1.807, 2.05) is 26.1 Å². The average molecular weight is 376 g/mol. The Morgan fingerprint density at radius 3 is 2.83 bits per heavy atom. The van der Waals surface area contributed by atoms with Crippen molar-refractivity contribution in [3.63, 3.8) is 0 Å². The molecule has 0 amide bonds. The quantitative estimate of drug-likeness (QED) is 0.826. The molecule has 1 saturated carbocycles. The van der Waals surface area contributed by atoms with Crippen LogP contribution in [0.15, 0.2) is 21.4 Å². The Bertz CT molecular complexity index is 825. The summed E-state index contributed by atoms with van der Waals surface area (Å²) in [6, 6.07) is 3.97. The van der Waals surface area contributed by atoms with Gasteiger partial charge in [-0.15, -0.1) is 0 Å². The first kappa shape index (κ1) is 15.3. The number of rotatable bonds is 3. The predicted octanol–water partition coefficient (Wildman–Crippen LogP) is 3.20. The van der Waals surface area contributed by atoms with Gasteiger partial charge in [0.15, 0.2) is 0 Å². The number of fused-ring (bicyclic) bond motifs is 1. The standard InChI is InChI=1S/C18H22BrN3O/c1-11-7-14-16(15(19)8-11)20-17(21(2)18(14)23)13-5-6-22(10-13)9-12-3-4-12/h7-8,12-13H,3-6,9-10H2,1-2H3. The molecule has 4 nitrogen and oxygen atoms in total. The Morgan fingerprint density at radius 2 is 2.09 bits per heavy atom. The number of nitrogens with zero attached hydrogens (tertiary/aromatic N) is 3. The van der Waals surface area contributed by atoms with Gasteiger partial charge in [0.05, 0.1) is 10.9 Å². The maximum atomic E-state index is 12.8. The van der Waals surface area contributed by atoms with Gasteiger partial charge < -0.3 is 4.90 Å². The van der Waals surface area contributed by atoms with Gasteiger partial charge in [-0.3, -0.25) is 9.36 Å². The molecule has 2 heterocycles. The van der Waals surface area contributed by atoms with Crippen molar-refractivity contribution in [2.45, 2.75) is 32.1 Å². The number of halogens is 1. The Kier molecular flexibility index (Phi) is 3.81. The van der Waals surface area contributed by atoms with Crippen LogP contribution in [-0.4, -0.2) is 34.1 Å². The molecule has 2 aliphatic rings. The molecule has 1 aromatic carbocycles. The second kappa shape index (κ2) is 5.71. The maximum Gasteiger partial charge on any atom is 0.261 e. The Hall–Kier alpha value is -1.20. The van der Waals surface area contributed by atoms with Gasteiger partial charge in [-0.25, -0.2) is 4.98 Å². The average Bonchev–Trinajstić information content (AvgIpc) is 3.19. The number of aromatic nitrogens is 2. The molecule has 2 fully saturated rings. The highest BCUT2D eigenvalue weighted by Gasteiger charge is 2.31. The monoisotopic (exact) mass is 375 g/mol. The van der Waals surface area contributed by atoms with Gasteiger partial charge >= 0.3 is 0 Å². The highest BCUT2D eigenvalue weighted by atomic mass is 79.9. The van der Waals surface area contributed by atoms with E-state index in [1.165, 1.54) is 19.4 Å². The van der Waals surface area contributed by atoms with Crippen molar-refractivity contribution in [3.8, 4) is 0 Å². The highest BCUT2D eigenvalue weighted by molar-refractivity contribution is 9.10. The van der Waals surface area contributed by atoms with Gasteiger partial charge in [0.1, 0.15) is 5.82 Å². The van der Waals surface area contributed by atoms with Crippen LogP contribution in [0.4, 0.5) is 0 Å². The summed E-state index contributed by atoms with van der Waals surface area (Å²) in [5.41, 5.74) is 1.94. The third kappa shape index (κ3) is 2.85. The first-order valence-electron chi connectivity index (χ1n) is 8.42. The lowest BCUT2D eigenvalue weighted by Crippen LogP contribution is -2.27. The molecule has 1 unspecified atom stereocenters. The summed E-state index contributed by atoms with van der Waals surface area (Å²) in [4.78, 5) is 20.2. The van der Waals surface area contributed by atoms with Gasteiger partial charge in [-0.2, -0.15) is 0 Å².